The van der Waals surface area contributed by atoms with Crippen LogP contribution in [0.2, 0.25) is 0 Å². The zero-order valence-corrected chi connectivity index (χ0v) is 11.5. The van der Waals surface area contributed by atoms with E-state index in [0.29, 0.717) is 17.1 Å². The minimum atomic E-state index is -3.63. The summed E-state index contributed by atoms with van der Waals surface area (Å²) in [5.74, 6) is 0. The molecule has 1 aromatic carbocycles. The van der Waals surface area contributed by atoms with Crippen LogP contribution >= 0.6 is 0 Å². The molecule has 19 heavy (non-hydrogen) atoms. The van der Waals surface area contributed by atoms with E-state index in [9.17, 15) is 8.42 Å². The molecule has 2 aromatic rings. The topological polar surface area (TPSA) is 71.1 Å². The quantitative estimate of drug-likeness (QED) is 0.899. The average Bonchev–Trinajstić information content (AvgIpc) is 2.41. The highest BCUT2D eigenvalue weighted by molar-refractivity contribution is 7.92. The van der Waals surface area contributed by atoms with Crippen LogP contribution in [0.5, 0.6) is 0 Å². The first-order chi connectivity index (χ1) is 9.04. The van der Waals surface area contributed by atoms with Crippen LogP contribution in [-0.2, 0) is 10.0 Å². The number of hydrogen-bond donors (Lipinski definition) is 2. The summed E-state index contributed by atoms with van der Waals surface area (Å²) in [6.45, 7) is 1.75. The number of benzene rings is 1. The summed E-state index contributed by atoms with van der Waals surface area (Å²) in [5, 5.41) is 2.87. The second kappa shape index (κ2) is 5.27. The van der Waals surface area contributed by atoms with Crippen molar-refractivity contribution in [2.24, 2.45) is 0 Å². The van der Waals surface area contributed by atoms with E-state index in [1.165, 1.54) is 0 Å². The largest absolute Gasteiger partial charge is 0.387 e. The predicted molar refractivity (Wildman–Crippen MR) is 75.8 cm³/mol. The molecule has 0 atom stereocenters. The van der Waals surface area contributed by atoms with Crippen molar-refractivity contribution in [1.82, 2.24) is 4.98 Å². The van der Waals surface area contributed by atoms with Crippen LogP contribution in [0.1, 0.15) is 5.69 Å². The SMILES string of the molecule is CNc1ccccc1S(=O)(=O)Nc1cccnc1C. The van der Waals surface area contributed by atoms with Gasteiger partial charge >= 0.3 is 0 Å². The van der Waals surface area contributed by atoms with E-state index in [1.807, 2.05) is 0 Å². The van der Waals surface area contributed by atoms with E-state index >= 15 is 0 Å². The molecule has 1 heterocycles. The van der Waals surface area contributed by atoms with Crippen molar-refractivity contribution in [2.45, 2.75) is 11.8 Å². The lowest BCUT2D eigenvalue weighted by Gasteiger charge is -2.12. The van der Waals surface area contributed by atoms with Crippen molar-refractivity contribution < 1.29 is 8.42 Å². The molecule has 0 amide bonds. The second-order valence-electron chi connectivity index (χ2n) is 3.99. The van der Waals surface area contributed by atoms with Gasteiger partial charge in [0.25, 0.3) is 10.0 Å². The van der Waals surface area contributed by atoms with Crippen molar-refractivity contribution in [3.05, 3.63) is 48.3 Å². The normalized spacial score (nSPS) is 11.1. The van der Waals surface area contributed by atoms with Crippen LogP contribution in [0.4, 0.5) is 11.4 Å². The van der Waals surface area contributed by atoms with E-state index < -0.39 is 10.0 Å². The molecule has 0 unspecified atom stereocenters. The van der Waals surface area contributed by atoms with E-state index in [2.05, 4.69) is 15.0 Å². The Kier molecular flexibility index (Phi) is 3.71. The van der Waals surface area contributed by atoms with Crippen molar-refractivity contribution >= 4 is 21.4 Å². The molecular formula is C13H15N3O2S. The summed E-state index contributed by atoms with van der Waals surface area (Å²) in [4.78, 5) is 4.27. The fourth-order valence-corrected chi connectivity index (χ4v) is 3.03. The number of anilines is 2. The van der Waals surface area contributed by atoms with Gasteiger partial charge in [-0.15, -0.1) is 0 Å². The lowest BCUT2D eigenvalue weighted by atomic mass is 10.3. The molecule has 6 heteroatoms. The molecule has 0 saturated heterocycles. The van der Waals surface area contributed by atoms with Gasteiger partial charge in [-0.2, -0.15) is 0 Å². The molecule has 0 aliphatic carbocycles. The molecule has 0 radical (unpaired) electrons. The number of sulfonamides is 1. The Labute approximate surface area is 112 Å². The minimum Gasteiger partial charge on any atom is -0.387 e. The smallest absolute Gasteiger partial charge is 0.264 e. The zero-order valence-electron chi connectivity index (χ0n) is 10.7. The fourth-order valence-electron chi connectivity index (χ4n) is 1.70. The van der Waals surface area contributed by atoms with Gasteiger partial charge in [-0.25, -0.2) is 8.42 Å². The minimum absolute atomic E-state index is 0.209. The third-order valence-electron chi connectivity index (χ3n) is 2.70. The van der Waals surface area contributed by atoms with Gasteiger partial charge in [0.2, 0.25) is 0 Å². The van der Waals surface area contributed by atoms with Crippen LogP contribution < -0.4 is 10.0 Å². The monoisotopic (exact) mass is 277 g/mol. The third kappa shape index (κ3) is 2.85. The summed E-state index contributed by atoms with van der Waals surface area (Å²) < 4.78 is 27.3. The van der Waals surface area contributed by atoms with Gasteiger partial charge in [0.05, 0.1) is 17.1 Å². The molecule has 2 N–H and O–H groups in total. The Bertz CT molecular complexity index is 684. The maximum atomic E-state index is 12.4. The summed E-state index contributed by atoms with van der Waals surface area (Å²) in [6.07, 6.45) is 1.62. The molecule has 0 spiro atoms. The number of aryl methyl sites for hydroxylation is 1. The molecular weight excluding hydrogens is 262 g/mol. The van der Waals surface area contributed by atoms with E-state index in [4.69, 9.17) is 0 Å². The zero-order chi connectivity index (χ0) is 13.9. The Hall–Kier alpha value is -2.08. The van der Waals surface area contributed by atoms with Crippen LogP contribution in [0.3, 0.4) is 0 Å². The maximum absolute atomic E-state index is 12.4. The summed E-state index contributed by atoms with van der Waals surface area (Å²) in [7, 11) is -1.95. The summed E-state index contributed by atoms with van der Waals surface area (Å²) in [5.41, 5.74) is 1.66. The third-order valence-corrected chi connectivity index (χ3v) is 4.12. The number of para-hydroxylation sites is 1. The van der Waals surface area contributed by atoms with Gasteiger partial charge in [0.1, 0.15) is 4.90 Å². The van der Waals surface area contributed by atoms with Crippen molar-refractivity contribution in [1.29, 1.82) is 0 Å². The van der Waals surface area contributed by atoms with Gasteiger partial charge in [-0.05, 0) is 31.2 Å². The number of aromatic nitrogens is 1. The predicted octanol–water partition coefficient (Wildman–Crippen LogP) is 2.23. The van der Waals surface area contributed by atoms with Gasteiger partial charge in [0, 0.05) is 13.2 Å². The molecule has 0 fully saturated rings. The molecule has 2 rings (SSSR count). The van der Waals surface area contributed by atoms with Crippen LogP contribution in [0.25, 0.3) is 0 Å². The average molecular weight is 277 g/mol. The van der Waals surface area contributed by atoms with E-state index in [0.717, 1.165) is 0 Å². The summed E-state index contributed by atoms with van der Waals surface area (Å²) >= 11 is 0. The number of nitrogens with zero attached hydrogens (tertiary/aromatic N) is 1. The highest BCUT2D eigenvalue weighted by atomic mass is 32.2. The number of hydrogen-bond acceptors (Lipinski definition) is 4. The van der Waals surface area contributed by atoms with Crippen molar-refractivity contribution in [3.63, 3.8) is 0 Å². The number of rotatable bonds is 4. The standard InChI is InChI=1S/C13H15N3O2S/c1-10-11(7-5-9-15-10)16-19(17,18)13-8-4-3-6-12(13)14-2/h3-9,14,16H,1-2H3. The molecule has 100 valence electrons. The highest BCUT2D eigenvalue weighted by Crippen LogP contribution is 2.23. The first-order valence-electron chi connectivity index (χ1n) is 5.76. The van der Waals surface area contributed by atoms with E-state index in [-0.39, 0.29) is 4.90 Å². The number of pyridine rings is 1. The molecule has 0 bridgehead atoms. The van der Waals surface area contributed by atoms with Crippen molar-refractivity contribution in [3.8, 4) is 0 Å². The number of nitrogens with one attached hydrogen (secondary N) is 2. The fraction of sp³-hybridized carbons (Fsp3) is 0.154. The molecule has 0 aliphatic heterocycles. The molecule has 1 aromatic heterocycles. The summed E-state index contributed by atoms with van der Waals surface area (Å²) in [6, 6.07) is 10.1. The van der Waals surface area contributed by atoms with E-state index in [1.54, 1.807) is 56.6 Å². The first-order valence-corrected chi connectivity index (χ1v) is 7.24. The maximum Gasteiger partial charge on any atom is 0.264 e. The first kappa shape index (κ1) is 13.4. The molecule has 0 saturated carbocycles. The van der Waals surface area contributed by atoms with Gasteiger partial charge in [0.15, 0.2) is 0 Å². The molecule has 5 nitrogen and oxygen atoms in total. The van der Waals surface area contributed by atoms with Crippen LogP contribution in [0, 0.1) is 6.92 Å². The van der Waals surface area contributed by atoms with Gasteiger partial charge in [-0.3, -0.25) is 9.71 Å². The molecule has 0 aliphatic rings. The van der Waals surface area contributed by atoms with Crippen molar-refractivity contribution in [2.75, 3.05) is 17.1 Å². The lowest BCUT2D eigenvalue weighted by molar-refractivity contribution is 0.601. The van der Waals surface area contributed by atoms with Gasteiger partial charge in [-0.1, -0.05) is 12.1 Å². The van der Waals surface area contributed by atoms with Gasteiger partial charge < -0.3 is 5.32 Å². The Morgan fingerprint density at radius 1 is 1.05 bits per heavy atom. The van der Waals surface area contributed by atoms with Crippen LogP contribution in [-0.4, -0.2) is 20.4 Å². The Morgan fingerprint density at radius 2 is 1.74 bits per heavy atom. The Morgan fingerprint density at radius 3 is 2.42 bits per heavy atom. The Balaban J connectivity index is 2.41. The van der Waals surface area contributed by atoms with Crippen LogP contribution in [0.15, 0.2) is 47.5 Å². The lowest BCUT2D eigenvalue weighted by Crippen LogP contribution is -2.15. The highest BCUT2D eigenvalue weighted by Gasteiger charge is 2.18. The second-order valence-corrected chi connectivity index (χ2v) is 5.64.